The van der Waals surface area contributed by atoms with E-state index in [4.69, 9.17) is 72.5 Å². The number of nitrogens with one attached hydrogen (secondary N) is 4. The first-order valence-electron chi connectivity index (χ1n) is 43.9. The van der Waals surface area contributed by atoms with E-state index in [-0.39, 0.29) is 0 Å². The Bertz CT molecular complexity index is 5670. The molecule has 17 rings (SSSR count). The van der Waals surface area contributed by atoms with Gasteiger partial charge in [0.2, 0.25) is 23.8 Å². The van der Waals surface area contributed by atoms with E-state index in [2.05, 4.69) is 188 Å². The molecule has 129 heavy (non-hydrogen) atoms. The van der Waals surface area contributed by atoms with Crippen LogP contribution in [0.2, 0.25) is 10.0 Å². The Hall–Kier alpha value is -13.3. The molecule has 8 aromatic carbocycles. The fraction of sp³-hybridized carbons (Fsp3) is 0.310. The molecule has 4 aliphatic heterocycles. The number of aryl methyl sites for hydroxylation is 2. The smallest absolute Gasteiger partial charge is 0.229 e. The van der Waals surface area contributed by atoms with Crippen LogP contribution >= 0.6 is 23.2 Å². The summed E-state index contributed by atoms with van der Waals surface area (Å²) >= 11 is 12.4. The summed E-state index contributed by atoms with van der Waals surface area (Å²) in [5.74, 6) is 12.3. The predicted molar refractivity (Wildman–Crippen MR) is 532 cm³/mol. The highest BCUT2D eigenvalue weighted by Gasteiger charge is 2.27. The van der Waals surface area contributed by atoms with Gasteiger partial charge in [-0.05, 0) is 121 Å². The van der Waals surface area contributed by atoms with Crippen molar-refractivity contribution in [2.24, 2.45) is 0 Å². The highest BCUT2D eigenvalue weighted by atomic mass is 35.5. The van der Waals surface area contributed by atoms with Gasteiger partial charge in [0, 0.05) is 250 Å². The third kappa shape index (κ3) is 27.4. The molecule has 0 radical (unpaired) electrons. The zero-order chi connectivity index (χ0) is 90.0. The topological polar surface area (TPSA) is 221 Å². The number of ether oxygens (including phenoxy) is 2. The van der Waals surface area contributed by atoms with Gasteiger partial charge in [0.05, 0.1) is 7.11 Å². The maximum absolute atomic E-state index is 6.29. The molecule has 0 atom stereocenters. The van der Waals surface area contributed by atoms with E-state index in [9.17, 15) is 0 Å². The molecule has 0 spiro atoms. The Morgan fingerprint density at radius 3 is 1.10 bits per heavy atom. The van der Waals surface area contributed by atoms with Crippen molar-refractivity contribution in [3.63, 3.8) is 0 Å². The lowest BCUT2D eigenvalue weighted by molar-refractivity contribution is 0.248. The van der Waals surface area contributed by atoms with Crippen LogP contribution in [0.25, 0.3) is 0 Å². The van der Waals surface area contributed by atoms with Gasteiger partial charge in [-0.1, -0.05) is 168 Å². The quantitative estimate of drug-likeness (QED) is 0.0376. The molecule has 0 amide bonds. The molecule has 27 nitrogen and oxygen atoms in total. The molecule has 670 valence electrons. The first-order valence-corrected chi connectivity index (χ1v) is 44.7. The van der Waals surface area contributed by atoms with Crippen molar-refractivity contribution < 1.29 is 9.47 Å². The van der Waals surface area contributed by atoms with E-state index < -0.39 is 0 Å². The van der Waals surface area contributed by atoms with Crippen LogP contribution in [0.4, 0.5) is 98.9 Å². The van der Waals surface area contributed by atoms with Gasteiger partial charge in [0.1, 0.15) is 70.5 Å². The fourth-order valence-corrected chi connectivity index (χ4v) is 15.4. The highest BCUT2D eigenvalue weighted by Crippen LogP contribution is 2.32. The Morgan fingerprint density at radius 1 is 0.318 bits per heavy atom. The summed E-state index contributed by atoms with van der Waals surface area (Å²) in [5.41, 5.74) is 11.2. The second-order valence-electron chi connectivity index (χ2n) is 33.1. The van der Waals surface area contributed by atoms with E-state index in [0.29, 0.717) is 11.6 Å². The van der Waals surface area contributed by atoms with Crippen LogP contribution < -0.4 is 74.8 Å². The Morgan fingerprint density at radius 2 is 0.682 bits per heavy atom. The van der Waals surface area contributed by atoms with Crippen LogP contribution in [0, 0.1) is 13.8 Å². The number of hydrogen-bond acceptors (Lipinski definition) is 27. The minimum atomic E-state index is 0.525. The summed E-state index contributed by atoms with van der Waals surface area (Å²) in [6, 6.07) is 83.5. The number of aromatic nitrogens is 9. The van der Waals surface area contributed by atoms with E-state index >= 15 is 0 Å². The number of methoxy groups -OCH3 is 1. The molecule has 0 unspecified atom stereocenters. The van der Waals surface area contributed by atoms with Crippen molar-refractivity contribution in [2.75, 3.05) is 234 Å². The number of halogens is 2. The molecule has 5 aromatic heterocycles. The number of benzene rings is 8. The van der Waals surface area contributed by atoms with Crippen molar-refractivity contribution in [3.05, 3.63) is 298 Å². The average molecular weight is 1770 g/mol. The monoisotopic (exact) mass is 1770 g/mol. The van der Waals surface area contributed by atoms with Crippen molar-refractivity contribution >= 4 is 122 Å². The lowest BCUT2D eigenvalue weighted by Crippen LogP contribution is -2.47. The number of piperazine rings is 4. The number of nitrogens with zero attached hydrogens (tertiary/aromatic N) is 21. The van der Waals surface area contributed by atoms with Crippen molar-refractivity contribution in [3.8, 4) is 11.5 Å². The summed E-state index contributed by atoms with van der Waals surface area (Å²) in [5, 5.41) is 15.1. The maximum atomic E-state index is 6.29. The summed E-state index contributed by atoms with van der Waals surface area (Å²) in [7, 11) is 17.7. The number of pyridine rings is 1. The molecule has 0 saturated carbocycles. The molecule has 29 heteroatoms. The predicted octanol–water partition coefficient (Wildman–Crippen LogP) is 17.3. The van der Waals surface area contributed by atoms with Crippen LogP contribution in [-0.4, -0.2) is 228 Å². The molecule has 13 aromatic rings. The molecule has 0 aliphatic carbocycles. The van der Waals surface area contributed by atoms with Crippen LogP contribution in [0.1, 0.15) is 33.4 Å². The first-order chi connectivity index (χ1) is 62.7. The van der Waals surface area contributed by atoms with Gasteiger partial charge in [0.15, 0.2) is 0 Å². The Balaban J connectivity index is 0.000000139. The lowest BCUT2D eigenvalue weighted by atomic mass is 10.2. The van der Waals surface area contributed by atoms with Gasteiger partial charge in [0.25, 0.3) is 0 Å². The zero-order valence-electron chi connectivity index (χ0n) is 75.9. The summed E-state index contributed by atoms with van der Waals surface area (Å²) in [6.07, 6.45) is 1.84. The van der Waals surface area contributed by atoms with Crippen LogP contribution in [-0.2, 0) is 26.2 Å². The van der Waals surface area contributed by atoms with E-state index in [0.717, 1.165) is 251 Å². The van der Waals surface area contributed by atoms with Gasteiger partial charge in [-0.15, -0.1) is 0 Å². The standard InChI is InChI=1S/C28H31N7O.C25H32N6O.C24H29ClN6.C23H27ClN6/c1-33(2)27-20-25(30-23-11-8-12-24(19-23)36-21-22-9-4-3-5-10-22)31-28(32-27)35-17-15-34(16-18-35)26-13-6-7-14-29-26;1-19-8-10-21(11-9-19)26-23-17-24(29(2)3)28-25(27-23)31-14-12-30(13-15-31)18-20-6-5-7-22(16-20)32-4;1-18-9-10-20(15-21(18)25)26-22-16-23(29(2)3)28-24(27-22)31-13-11-30(12-14-31)17-19-7-5-4-6-8-19;1-28(2)22-16-21(25-20-10-6-9-19(24)15-20)26-23(27-22)30-13-11-29(12-14-30)17-18-7-4-3-5-8-18/h3-14,19-20H,15-18,21H2,1-2H3,(H,30,31,32);5-11,16-17H,12-15,18H2,1-4H3,(H,26,27,28);4-10,15-16H,11-14,17H2,1-3H3,(H,26,27,28);3-10,15-16H,11-14,17H2,1-2H3,(H,25,26,27). The maximum Gasteiger partial charge on any atom is 0.229 e. The summed E-state index contributed by atoms with van der Waals surface area (Å²) in [6.45, 7) is 22.2. The van der Waals surface area contributed by atoms with E-state index in [1.165, 1.54) is 22.3 Å². The van der Waals surface area contributed by atoms with E-state index in [1.54, 1.807) is 7.11 Å². The molecule has 9 heterocycles. The van der Waals surface area contributed by atoms with Crippen LogP contribution in [0.3, 0.4) is 0 Å². The third-order valence-corrected chi connectivity index (χ3v) is 23.0. The minimum absolute atomic E-state index is 0.525. The van der Waals surface area contributed by atoms with E-state index in [1.807, 2.05) is 223 Å². The van der Waals surface area contributed by atoms with Crippen LogP contribution in [0.15, 0.2) is 255 Å². The van der Waals surface area contributed by atoms with Crippen molar-refractivity contribution in [1.82, 2.24) is 59.6 Å². The molecule has 0 bridgehead atoms. The number of rotatable bonds is 27. The SMILES string of the molecule is CN(C)c1cc(Nc2cccc(Cl)c2)nc(N2CCN(Cc3ccccc3)CC2)n1.CN(C)c1cc(Nc2cccc(OCc3ccccc3)c2)nc(N2CCN(c3ccccn3)CC2)n1.COc1cccc(CN2CCN(c3nc(Nc4ccc(C)cc4)cc(N(C)C)n3)CC2)c1.Cc1ccc(Nc2cc(N(C)C)nc(N3CCN(Cc4ccccc4)CC3)n2)cc1Cl. The third-order valence-electron chi connectivity index (χ3n) is 22.4. The van der Waals surface area contributed by atoms with Gasteiger partial charge < -0.3 is 74.8 Å². The van der Waals surface area contributed by atoms with Crippen molar-refractivity contribution in [1.29, 1.82) is 0 Å². The zero-order valence-corrected chi connectivity index (χ0v) is 77.4. The highest BCUT2D eigenvalue weighted by molar-refractivity contribution is 6.31. The summed E-state index contributed by atoms with van der Waals surface area (Å²) < 4.78 is 11.4. The fourth-order valence-electron chi connectivity index (χ4n) is 15.0. The normalized spacial score (nSPS) is 14.2. The molecular weight excluding hydrogens is 1650 g/mol. The van der Waals surface area contributed by atoms with Crippen LogP contribution in [0.5, 0.6) is 11.5 Å². The molecule has 4 N–H and O–H groups in total. The van der Waals surface area contributed by atoms with Crippen molar-refractivity contribution in [2.45, 2.75) is 40.1 Å². The van der Waals surface area contributed by atoms with Gasteiger partial charge in [-0.25, -0.2) is 4.98 Å². The summed E-state index contributed by atoms with van der Waals surface area (Å²) in [4.78, 5) is 69.8. The largest absolute Gasteiger partial charge is 0.497 e. The van der Waals surface area contributed by atoms with Gasteiger partial charge in [-0.3, -0.25) is 14.7 Å². The second-order valence-corrected chi connectivity index (χ2v) is 34.0. The molecule has 4 fully saturated rings. The number of hydrogen-bond donors (Lipinski definition) is 4. The molecule has 4 aliphatic rings. The Kier molecular flexibility index (Phi) is 32.3. The van der Waals surface area contributed by atoms with Gasteiger partial charge >= 0.3 is 0 Å². The Labute approximate surface area is 770 Å². The van der Waals surface area contributed by atoms with Gasteiger partial charge in [-0.2, -0.15) is 39.9 Å². The average Bonchev–Trinajstić information content (AvgIpc) is 0.827. The first kappa shape index (κ1) is 91.9. The molecule has 4 saturated heterocycles. The second kappa shape index (κ2) is 45.4. The molecular formula is C100H119Cl2N25O2. The number of anilines is 17. The lowest BCUT2D eigenvalue weighted by Gasteiger charge is -2.35. The minimum Gasteiger partial charge on any atom is -0.497 e.